The van der Waals surface area contributed by atoms with Crippen molar-refractivity contribution >= 4 is 34.7 Å². The van der Waals surface area contributed by atoms with E-state index in [1.54, 1.807) is 46.6 Å². The zero-order chi connectivity index (χ0) is 25.5. The van der Waals surface area contributed by atoms with Crippen LogP contribution in [-0.4, -0.2) is 36.2 Å². The van der Waals surface area contributed by atoms with Crippen molar-refractivity contribution in [1.29, 1.82) is 0 Å². The Labute approximate surface area is 203 Å². The third kappa shape index (κ3) is 4.72. The molecule has 0 unspecified atom stereocenters. The Balaban J connectivity index is 1.58. The number of nitrogens with one attached hydrogen (secondary N) is 2. The molecular formula is C25H30N8O2. The molecule has 4 aromatic rings. The van der Waals surface area contributed by atoms with Gasteiger partial charge < -0.3 is 11.1 Å². The van der Waals surface area contributed by atoms with Gasteiger partial charge in [0.05, 0.1) is 11.3 Å². The summed E-state index contributed by atoms with van der Waals surface area (Å²) in [7, 11) is 1.77. The van der Waals surface area contributed by atoms with E-state index in [0.717, 1.165) is 11.4 Å². The quantitative estimate of drug-likeness (QED) is 0.369. The average Bonchev–Trinajstić information content (AvgIpc) is 3.35. The molecule has 4 N–H and O–H groups in total. The fourth-order valence-electron chi connectivity index (χ4n) is 3.80. The van der Waals surface area contributed by atoms with Crippen molar-refractivity contribution in [3.63, 3.8) is 0 Å². The van der Waals surface area contributed by atoms with Crippen molar-refractivity contribution in [2.75, 3.05) is 16.4 Å². The smallest absolute Gasteiger partial charge is 0.324 e. The van der Waals surface area contributed by atoms with E-state index in [2.05, 4.69) is 46.6 Å². The van der Waals surface area contributed by atoms with E-state index < -0.39 is 6.03 Å². The molecule has 10 heteroatoms. The van der Waals surface area contributed by atoms with E-state index in [4.69, 9.17) is 5.73 Å². The van der Waals surface area contributed by atoms with Gasteiger partial charge in [-0.05, 0) is 24.1 Å². The van der Waals surface area contributed by atoms with E-state index in [1.807, 2.05) is 19.9 Å². The molecule has 4 rings (SSSR count). The predicted octanol–water partition coefficient (Wildman–Crippen LogP) is 4.34. The highest BCUT2D eigenvalue weighted by atomic mass is 16.2. The first-order chi connectivity index (χ1) is 16.5. The molecule has 3 heterocycles. The molecular weight excluding hydrogens is 444 g/mol. The first kappa shape index (κ1) is 23.9. The molecule has 0 aliphatic carbocycles. The number of aromatic nitrogens is 5. The lowest BCUT2D eigenvalue weighted by atomic mass is 9.92. The van der Waals surface area contributed by atoms with Gasteiger partial charge in [-0.2, -0.15) is 10.2 Å². The van der Waals surface area contributed by atoms with Crippen LogP contribution in [0, 0.1) is 0 Å². The van der Waals surface area contributed by atoms with E-state index in [1.165, 1.54) is 6.33 Å². The number of nitrogen functional groups attached to an aromatic ring is 1. The first-order valence-electron chi connectivity index (χ1n) is 11.3. The zero-order valence-corrected chi connectivity index (χ0v) is 20.7. The number of benzene rings is 1. The Bertz CT molecular complexity index is 1430. The molecule has 0 saturated heterocycles. The molecule has 0 saturated carbocycles. The number of ketones is 1. The standard InChI is InChI=1S/C25H30N8O2/c1-14(2)18-11-17(21-23(26)27-13-28-33(18)21)22(34)15-8-7-9-16(10-15)29-24(35)30-20-12-19(25(3,4)5)31-32(20)6/h7-14H,1-6H3,(H2,26,27,28)(H2,29,30,35). The molecule has 0 bridgehead atoms. The highest BCUT2D eigenvalue weighted by Gasteiger charge is 2.22. The second-order valence-corrected chi connectivity index (χ2v) is 9.82. The van der Waals surface area contributed by atoms with Crippen LogP contribution in [0.2, 0.25) is 0 Å². The Morgan fingerprint density at radius 2 is 1.83 bits per heavy atom. The van der Waals surface area contributed by atoms with E-state index in [0.29, 0.717) is 28.1 Å². The Morgan fingerprint density at radius 3 is 2.49 bits per heavy atom. The summed E-state index contributed by atoms with van der Waals surface area (Å²) in [4.78, 5) is 30.2. The van der Waals surface area contributed by atoms with Crippen LogP contribution in [0.3, 0.4) is 0 Å². The van der Waals surface area contributed by atoms with Gasteiger partial charge in [-0.15, -0.1) is 0 Å². The lowest BCUT2D eigenvalue weighted by molar-refractivity contribution is 0.104. The normalized spacial score (nSPS) is 11.7. The summed E-state index contributed by atoms with van der Waals surface area (Å²) < 4.78 is 3.28. The van der Waals surface area contributed by atoms with Crippen LogP contribution in [0.15, 0.2) is 42.7 Å². The number of fused-ring (bicyclic) bond motifs is 1. The molecule has 0 aliphatic rings. The number of aryl methyl sites for hydroxylation is 1. The van der Waals surface area contributed by atoms with Crippen LogP contribution in [0.25, 0.3) is 5.52 Å². The number of carbonyl (C=O) groups excluding carboxylic acids is 2. The number of hydrogen-bond acceptors (Lipinski definition) is 6. The number of anilines is 3. The van der Waals surface area contributed by atoms with Gasteiger partial charge >= 0.3 is 6.03 Å². The number of urea groups is 1. The van der Waals surface area contributed by atoms with Crippen LogP contribution in [0.1, 0.15) is 67.8 Å². The van der Waals surface area contributed by atoms with Crippen molar-refractivity contribution in [2.24, 2.45) is 7.05 Å². The van der Waals surface area contributed by atoms with Gasteiger partial charge in [-0.1, -0.05) is 46.8 Å². The Kier molecular flexibility index (Phi) is 6.06. The van der Waals surface area contributed by atoms with E-state index in [-0.39, 0.29) is 22.9 Å². The number of rotatable bonds is 5. The van der Waals surface area contributed by atoms with Crippen molar-refractivity contribution in [2.45, 2.75) is 46.0 Å². The minimum absolute atomic E-state index is 0.126. The highest BCUT2D eigenvalue weighted by Crippen LogP contribution is 2.28. The first-order valence-corrected chi connectivity index (χ1v) is 11.3. The average molecular weight is 475 g/mol. The minimum atomic E-state index is -0.438. The summed E-state index contributed by atoms with van der Waals surface area (Å²) in [6.45, 7) is 10.2. The second kappa shape index (κ2) is 8.86. The molecule has 3 aromatic heterocycles. The Hall–Kier alpha value is -4.21. The highest BCUT2D eigenvalue weighted by molar-refractivity contribution is 6.15. The maximum absolute atomic E-state index is 13.5. The largest absolute Gasteiger partial charge is 0.382 e. The van der Waals surface area contributed by atoms with Gasteiger partial charge in [0, 0.05) is 35.5 Å². The molecule has 0 spiro atoms. The predicted molar refractivity (Wildman–Crippen MR) is 136 cm³/mol. The van der Waals surface area contributed by atoms with Gasteiger partial charge in [-0.3, -0.25) is 14.8 Å². The van der Waals surface area contributed by atoms with Crippen molar-refractivity contribution in [1.82, 2.24) is 24.4 Å². The number of nitrogens with two attached hydrogens (primary N) is 1. The lowest BCUT2D eigenvalue weighted by Gasteiger charge is -2.13. The molecule has 35 heavy (non-hydrogen) atoms. The number of amides is 2. The molecule has 0 fully saturated rings. The van der Waals surface area contributed by atoms with Crippen LogP contribution in [-0.2, 0) is 12.5 Å². The lowest BCUT2D eigenvalue weighted by Crippen LogP contribution is -2.21. The SMILES string of the molecule is CC(C)c1cc(C(=O)c2cccc(NC(=O)Nc3cc(C(C)(C)C)nn3C)c2)c2c(N)ncnn12. The summed E-state index contributed by atoms with van der Waals surface area (Å²) in [6.07, 6.45) is 1.37. The second-order valence-electron chi connectivity index (χ2n) is 9.82. The van der Waals surface area contributed by atoms with Gasteiger partial charge in [-0.25, -0.2) is 14.3 Å². The number of nitrogens with zero attached hydrogens (tertiary/aromatic N) is 5. The third-order valence-electron chi connectivity index (χ3n) is 5.72. The van der Waals surface area contributed by atoms with Gasteiger partial charge in [0.2, 0.25) is 0 Å². The maximum atomic E-state index is 13.5. The number of hydrogen-bond donors (Lipinski definition) is 3. The van der Waals surface area contributed by atoms with Crippen LogP contribution in [0.4, 0.5) is 22.1 Å². The monoisotopic (exact) mass is 474 g/mol. The fraction of sp³-hybridized carbons (Fsp3) is 0.320. The van der Waals surface area contributed by atoms with Gasteiger partial charge in [0.15, 0.2) is 11.6 Å². The topological polar surface area (TPSA) is 132 Å². The molecule has 10 nitrogen and oxygen atoms in total. The molecule has 0 aliphatic heterocycles. The summed E-state index contributed by atoms with van der Waals surface area (Å²) in [6, 6.07) is 9.96. The Morgan fingerprint density at radius 1 is 1.09 bits per heavy atom. The van der Waals surface area contributed by atoms with E-state index >= 15 is 0 Å². The molecule has 2 amide bonds. The van der Waals surface area contributed by atoms with Crippen LogP contribution in [0.5, 0.6) is 0 Å². The van der Waals surface area contributed by atoms with Gasteiger partial charge in [0.1, 0.15) is 17.7 Å². The van der Waals surface area contributed by atoms with Gasteiger partial charge in [0.25, 0.3) is 0 Å². The fourth-order valence-corrected chi connectivity index (χ4v) is 3.80. The molecule has 0 radical (unpaired) electrons. The van der Waals surface area contributed by atoms with Crippen LogP contribution < -0.4 is 16.4 Å². The zero-order valence-electron chi connectivity index (χ0n) is 20.7. The molecule has 182 valence electrons. The summed E-state index contributed by atoms with van der Waals surface area (Å²) in [5.74, 6) is 0.689. The molecule has 1 aromatic carbocycles. The summed E-state index contributed by atoms with van der Waals surface area (Å²) >= 11 is 0. The molecule has 0 atom stereocenters. The maximum Gasteiger partial charge on any atom is 0.324 e. The number of carbonyl (C=O) groups is 2. The van der Waals surface area contributed by atoms with Crippen molar-refractivity contribution in [3.8, 4) is 0 Å². The third-order valence-corrected chi connectivity index (χ3v) is 5.72. The van der Waals surface area contributed by atoms with E-state index in [9.17, 15) is 9.59 Å². The summed E-state index contributed by atoms with van der Waals surface area (Å²) in [5.41, 5.74) is 9.45. The van der Waals surface area contributed by atoms with Crippen LogP contribution >= 0.6 is 0 Å². The van der Waals surface area contributed by atoms with Crippen molar-refractivity contribution < 1.29 is 9.59 Å². The van der Waals surface area contributed by atoms with Crippen molar-refractivity contribution in [3.05, 3.63) is 65.2 Å². The minimum Gasteiger partial charge on any atom is -0.382 e. The summed E-state index contributed by atoms with van der Waals surface area (Å²) in [5, 5.41) is 14.3.